The summed E-state index contributed by atoms with van der Waals surface area (Å²) in [7, 11) is 0. The molecule has 3 nitrogen and oxygen atoms in total. The number of H-pyrrole nitrogens is 1. The van der Waals surface area contributed by atoms with E-state index in [0.29, 0.717) is 22.0 Å². The van der Waals surface area contributed by atoms with Crippen LogP contribution in [0.5, 0.6) is 0 Å². The minimum Gasteiger partial charge on any atom is -0.349 e. The van der Waals surface area contributed by atoms with E-state index in [2.05, 4.69) is 9.97 Å². The van der Waals surface area contributed by atoms with Crippen molar-refractivity contribution in [1.82, 2.24) is 9.97 Å². The lowest BCUT2D eigenvalue weighted by molar-refractivity contribution is 0.0958. The van der Waals surface area contributed by atoms with Crippen LogP contribution in [0, 0.1) is 0 Å². The summed E-state index contributed by atoms with van der Waals surface area (Å²) in [6.45, 7) is 0. The Morgan fingerprint density at radius 1 is 1.09 bits per heavy atom. The minimum atomic E-state index is -0.350. The molecule has 1 heterocycles. The molecule has 1 unspecified atom stereocenters. The topological polar surface area (TPSA) is 45.8 Å². The van der Waals surface area contributed by atoms with Crippen molar-refractivity contribution >= 4 is 29.0 Å². The number of rotatable bonds is 5. The Bertz CT molecular complexity index is 781. The van der Waals surface area contributed by atoms with E-state index in [-0.39, 0.29) is 11.7 Å². The van der Waals surface area contributed by atoms with E-state index in [1.165, 1.54) is 0 Å². The Morgan fingerprint density at radius 2 is 1.78 bits per heavy atom. The molecule has 0 saturated carbocycles. The van der Waals surface area contributed by atoms with Gasteiger partial charge in [0.25, 0.3) is 0 Å². The van der Waals surface area contributed by atoms with Gasteiger partial charge in [-0.05, 0) is 23.8 Å². The molecule has 0 amide bonds. The highest BCUT2D eigenvalue weighted by Crippen LogP contribution is 2.27. The molecule has 23 heavy (non-hydrogen) atoms. The zero-order valence-corrected chi connectivity index (χ0v) is 13.7. The maximum absolute atomic E-state index is 13.0. The smallest absolute Gasteiger partial charge is 0.170 e. The quantitative estimate of drug-likeness (QED) is 0.667. The molecule has 3 rings (SSSR count). The lowest BCUT2D eigenvalue weighted by atomic mass is 9.88. The summed E-state index contributed by atoms with van der Waals surface area (Å²) in [5, 5.41) is 0.899. The number of Topliss-reactive ketones (excluding diaryl/α,β-unsaturated/α-hetero) is 1. The van der Waals surface area contributed by atoms with Gasteiger partial charge in [-0.25, -0.2) is 4.98 Å². The standard InChI is InChI=1S/C18H14Cl2N2O/c19-14-8-13(9-15(20)10-14)18(23)16(11-17-21-6-7-22-17)12-4-2-1-3-5-12/h1-10,16H,11H2,(H,21,22). The normalized spacial score (nSPS) is 12.1. The maximum atomic E-state index is 13.0. The second-order valence-electron chi connectivity index (χ2n) is 5.23. The van der Waals surface area contributed by atoms with Crippen LogP contribution in [0.1, 0.15) is 27.7 Å². The van der Waals surface area contributed by atoms with Gasteiger partial charge in [-0.3, -0.25) is 4.79 Å². The summed E-state index contributed by atoms with van der Waals surface area (Å²) in [6.07, 6.45) is 3.91. The van der Waals surface area contributed by atoms with Crippen LogP contribution in [0.25, 0.3) is 0 Å². The first kappa shape index (κ1) is 15.8. The van der Waals surface area contributed by atoms with Crippen molar-refractivity contribution in [2.24, 2.45) is 0 Å². The van der Waals surface area contributed by atoms with Gasteiger partial charge in [0.15, 0.2) is 5.78 Å². The predicted molar refractivity (Wildman–Crippen MR) is 92.3 cm³/mol. The van der Waals surface area contributed by atoms with E-state index in [0.717, 1.165) is 11.4 Å². The van der Waals surface area contributed by atoms with Crippen LogP contribution < -0.4 is 0 Å². The zero-order valence-electron chi connectivity index (χ0n) is 12.2. The molecule has 0 fully saturated rings. The van der Waals surface area contributed by atoms with Crippen LogP contribution in [-0.2, 0) is 6.42 Å². The van der Waals surface area contributed by atoms with Crippen molar-refractivity contribution in [2.45, 2.75) is 12.3 Å². The van der Waals surface area contributed by atoms with E-state index in [4.69, 9.17) is 23.2 Å². The van der Waals surface area contributed by atoms with Crippen LogP contribution in [-0.4, -0.2) is 15.8 Å². The number of carbonyl (C=O) groups is 1. The minimum absolute atomic E-state index is 0.0306. The molecule has 0 radical (unpaired) electrons. The summed E-state index contributed by atoms with van der Waals surface area (Å²) < 4.78 is 0. The number of benzene rings is 2. The van der Waals surface area contributed by atoms with E-state index < -0.39 is 0 Å². The number of imidazole rings is 1. The van der Waals surface area contributed by atoms with Crippen molar-refractivity contribution in [2.75, 3.05) is 0 Å². The number of aromatic amines is 1. The maximum Gasteiger partial charge on any atom is 0.170 e. The number of hydrogen-bond acceptors (Lipinski definition) is 2. The molecule has 0 aliphatic carbocycles. The first-order valence-electron chi connectivity index (χ1n) is 7.17. The van der Waals surface area contributed by atoms with Gasteiger partial charge in [0, 0.05) is 34.4 Å². The average Bonchev–Trinajstić information content (AvgIpc) is 3.05. The monoisotopic (exact) mass is 344 g/mol. The Hall–Kier alpha value is -2.10. The number of nitrogens with zero attached hydrogens (tertiary/aromatic N) is 1. The second kappa shape index (κ2) is 6.99. The van der Waals surface area contributed by atoms with Gasteiger partial charge >= 0.3 is 0 Å². The van der Waals surface area contributed by atoms with Crippen molar-refractivity contribution in [3.8, 4) is 0 Å². The number of ketones is 1. The molecular formula is C18H14Cl2N2O. The van der Waals surface area contributed by atoms with Gasteiger partial charge in [0.2, 0.25) is 0 Å². The summed E-state index contributed by atoms with van der Waals surface area (Å²) in [6, 6.07) is 14.6. The third kappa shape index (κ3) is 3.81. The van der Waals surface area contributed by atoms with Crippen LogP contribution in [0.15, 0.2) is 60.9 Å². The lowest BCUT2D eigenvalue weighted by Gasteiger charge is -2.16. The second-order valence-corrected chi connectivity index (χ2v) is 6.10. The summed E-state index contributed by atoms with van der Waals surface area (Å²) in [4.78, 5) is 20.3. The number of carbonyl (C=O) groups excluding carboxylic acids is 1. The molecule has 3 aromatic rings. The zero-order chi connectivity index (χ0) is 16.2. The van der Waals surface area contributed by atoms with Crippen molar-refractivity contribution < 1.29 is 4.79 Å². The number of aromatic nitrogens is 2. The van der Waals surface area contributed by atoms with Crippen LogP contribution in [0.3, 0.4) is 0 Å². The van der Waals surface area contributed by atoms with Gasteiger partial charge < -0.3 is 4.98 Å². The Kier molecular flexibility index (Phi) is 4.79. The Balaban J connectivity index is 1.98. The molecule has 0 spiro atoms. The number of hydrogen-bond donors (Lipinski definition) is 1. The first-order valence-corrected chi connectivity index (χ1v) is 7.92. The average molecular weight is 345 g/mol. The number of nitrogens with one attached hydrogen (secondary N) is 1. The molecule has 5 heteroatoms. The summed E-state index contributed by atoms with van der Waals surface area (Å²) in [5.41, 5.74) is 1.44. The third-order valence-electron chi connectivity index (χ3n) is 3.62. The van der Waals surface area contributed by atoms with Crippen molar-refractivity contribution in [3.05, 3.63) is 87.9 Å². The van der Waals surface area contributed by atoms with Gasteiger partial charge in [0.1, 0.15) is 5.82 Å². The summed E-state index contributed by atoms with van der Waals surface area (Å²) in [5.74, 6) is 0.384. The molecular weight excluding hydrogens is 331 g/mol. The Morgan fingerprint density at radius 3 is 2.39 bits per heavy atom. The fraction of sp³-hybridized carbons (Fsp3) is 0.111. The highest BCUT2D eigenvalue weighted by atomic mass is 35.5. The molecule has 0 saturated heterocycles. The lowest BCUT2D eigenvalue weighted by Crippen LogP contribution is -2.16. The molecule has 0 aliphatic heterocycles. The van der Waals surface area contributed by atoms with E-state index in [1.807, 2.05) is 30.3 Å². The van der Waals surface area contributed by atoms with Crippen LogP contribution in [0.2, 0.25) is 10.0 Å². The predicted octanol–water partition coefficient (Wildman–Crippen LogP) is 4.93. The van der Waals surface area contributed by atoms with Gasteiger partial charge in [-0.15, -0.1) is 0 Å². The largest absolute Gasteiger partial charge is 0.349 e. The fourth-order valence-corrected chi connectivity index (χ4v) is 3.07. The molecule has 1 aromatic heterocycles. The van der Waals surface area contributed by atoms with E-state index in [9.17, 15) is 4.79 Å². The van der Waals surface area contributed by atoms with E-state index >= 15 is 0 Å². The fourth-order valence-electron chi connectivity index (χ4n) is 2.55. The molecule has 116 valence electrons. The third-order valence-corrected chi connectivity index (χ3v) is 4.05. The first-order chi connectivity index (χ1) is 11.1. The van der Waals surface area contributed by atoms with Gasteiger partial charge in [-0.2, -0.15) is 0 Å². The SMILES string of the molecule is O=C(c1cc(Cl)cc(Cl)c1)C(Cc1ncc[nH]1)c1ccccc1. The Labute approximate surface area is 144 Å². The molecule has 1 N–H and O–H groups in total. The van der Waals surface area contributed by atoms with Gasteiger partial charge in [-0.1, -0.05) is 53.5 Å². The van der Waals surface area contributed by atoms with E-state index in [1.54, 1.807) is 30.6 Å². The molecule has 1 atom stereocenters. The van der Waals surface area contributed by atoms with Gasteiger partial charge in [0.05, 0.1) is 5.92 Å². The van der Waals surface area contributed by atoms with Crippen LogP contribution in [0.4, 0.5) is 0 Å². The molecule has 0 bridgehead atoms. The van der Waals surface area contributed by atoms with Crippen molar-refractivity contribution in [1.29, 1.82) is 0 Å². The molecule has 0 aliphatic rings. The summed E-state index contributed by atoms with van der Waals surface area (Å²) >= 11 is 12.1. The van der Waals surface area contributed by atoms with Crippen molar-refractivity contribution in [3.63, 3.8) is 0 Å². The highest BCUT2D eigenvalue weighted by molar-refractivity contribution is 6.35. The number of halogens is 2. The van der Waals surface area contributed by atoms with Crippen LogP contribution >= 0.6 is 23.2 Å². The highest BCUT2D eigenvalue weighted by Gasteiger charge is 2.24. The molecule has 2 aromatic carbocycles.